The van der Waals surface area contributed by atoms with Gasteiger partial charge in [-0.1, -0.05) is 6.07 Å². The first kappa shape index (κ1) is 22.1. The number of thioether (sulfide) groups is 1. The number of hydrogen-bond acceptors (Lipinski definition) is 8. The van der Waals surface area contributed by atoms with E-state index < -0.39 is 17.1 Å². The minimum absolute atomic E-state index is 0.0473. The molecule has 3 aliphatic rings. The first-order valence-electron chi connectivity index (χ1n) is 10.7. The van der Waals surface area contributed by atoms with E-state index in [0.29, 0.717) is 40.8 Å². The van der Waals surface area contributed by atoms with Crippen LogP contribution in [0.3, 0.4) is 0 Å². The predicted molar refractivity (Wildman–Crippen MR) is 120 cm³/mol. The molecule has 0 saturated carbocycles. The zero-order chi connectivity index (χ0) is 23.7. The van der Waals surface area contributed by atoms with E-state index in [1.54, 1.807) is 41.3 Å². The molecule has 1 aromatic carbocycles. The fraction of sp³-hybridized carbons (Fsp3) is 0.304. The van der Waals surface area contributed by atoms with Crippen LogP contribution in [0.25, 0.3) is 6.08 Å². The van der Waals surface area contributed by atoms with Crippen molar-refractivity contribution in [3.63, 3.8) is 0 Å². The van der Waals surface area contributed by atoms with E-state index in [1.807, 2.05) is 0 Å². The highest BCUT2D eigenvalue weighted by Gasteiger charge is 2.36. The molecule has 0 bridgehead atoms. The maximum Gasteiger partial charge on any atom is 0.293 e. The van der Waals surface area contributed by atoms with Crippen molar-refractivity contribution in [2.45, 2.75) is 13.0 Å². The van der Waals surface area contributed by atoms with Gasteiger partial charge >= 0.3 is 0 Å². The summed E-state index contributed by atoms with van der Waals surface area (Å²) < 4.78 is 15.9. The lowest BCUT2D eigenvalue weighted by Gasteiger charge is -2.16. The molecule has 1 aromatic heterocycles. The van der Waals surface area contributed by atoms with Crippen LogP contribution >= 0.6 is 11.8 Å². The summed E-state index contributed by atoms with van der Waals surface area (Å²) in [5, 5.41) is 2.34. The molecule has 10 nitrogen and oxygen atoms in total. The molecule has 2 fully saturated rings. The maximum absolute atomic E-state index is 12.7. The van der Waals surface area contributed by atoms with E-state index in [0.717, 1.165) is 16.7 Å². The zero-order valence-electron chi connectivity index (χ0n) is 18.0. The predicted octanol–water partition coefficient (Wildman–Crippen LogP) is 2.21. The van der Waals surface area contributed by atoms with Gasteiger partial charge in [-0.3, -0.25) is 24.1 Å². The van der Waals surface area contributed by atoms with E-state index in [2.05, 4.69) is 5.32 Å². The molecule has 34 heavy (non-hydrogen) atoms. The van der Waals surface area contributed by atoms with Gasteiger partial charge in [0.2, 0.25) is 18.6 Å². The number of rotatable bonds is 7. The van der Waals surface area contributed by atoms with Crippen molar-refractivity contribution in [2.24, 2.45) is 5.92 Å². The van der Waals surface area contributed by atoms with Crippen LogP contribution in [-0.4, -0.2) is 59.2 Å². The summed E-state index contributed by atoms with van der Waals surface area (Å²) in [5.41, 5.74) is 0.716. The van der Waals surface area contributed by atoms with Gasteiger partial charge in [0, 0.05) is 26.1 Å². The summed E-state index contributed by atoms with van der Waals surface area (Å²) in [6.07, 6.45) is 3.28. The second-order valence-electron chi connectivity index (χ2n) is 7.99. The number of furan rings is 1. The highest BCUT2D eigenvalue weighted by Crippen LogP contribution is 2.36. The minimum Gasteiger partial charge on any atom is -0.467 e. The van der Waals surface area contributed by atoms with E-state index in [4.69, 9.17) is 13.9 Å². The van der Waals surface area contributed by atoms with Gasteiger partial charge in [-0.05, 0) is 47.7 Å². The fourth-order valence-electron chi connectivity index (χ4n) is 3.97. The van der Waals surface area contributed by atoms with Gasteiger partial charge in [-0.2, -0.15) is 0 Å². The van der Waals surface area contributed by atoms with Crippen molar-refractivity contribution in [3.8, 4) is 11.5 Å². The number of benzene rings is 1. The summed E-state index contributed by atoms with van der Waals surface area (Å²) >= 11 is 0.850. The first-order valence-corrected chi connectivity index (χ1v) is 11.5. The van der Waals surface area contributed by atoms with Crippen LogP contribution in [0.15, 0.2) is 45.9 Å². The average molecular weight is 484 g/mol. The monoisotopic (exact) mass is 483 g/mol. The lowest BCUT2D eigenvalue weighted by atomic mass is 10.1. The number of likely N-dealkylation sites (tertiary alicyclic amines) is 1. The van der Waals surface area contributed by atoms with Gasteiger partial charge in [-0.25, -0.2) is 0 Å². The van der Waals surface area contributed by atoms with E-state index in [9.17, 15) is 19.2 Å². The van der Waals surface area contributed by atoms with Gasteiger partial charge in [0.05, 0.1) is 23.6 Å². The van der Waals surface area contributed by atoms with Crippen LogP contribution in [0, 0.1) is 5.92 Å². The molecule has 0 spiro atoms. The van der Waals surface area contributed by atoms with E-state index in [1.165, 1.54) is 6.26 Å². The Bertz CT molecular complexity index is 1180. The fourth-order valence-corrected chi connectivity index (χ4v) is 4.84. The highest BCUT2D eigenvalue weighted by molar-refractivity contribution is 8.18. The molecule has 2 saturated heterocycles. The lowest BCUT2D eigenvalue weighted by molar-refractivity contribution is -0.129. The van der Waals surface area contributed by atoms with E-state index >= 15 is 0 Å². The normalized spacial score (nSPS) is 20.6. The van der Waals surface area contributed by atoms with Gasteiger partial charge in [0.25, 0.3) is 11.1 Å². The van der Waals surface area contributed by atoms with Crippen molar-refractivity contribution in [2.75, 3.05) is 26.4 Å². The van der Waals surface area contributed by atoms with E-state index in [-0.39, 0.29) is 38.1 Å². The molecule has 11 heteroatoms. The Morgan fingerprint density at radius 2 is 2.03 bits per heavy atom. The van der Waals surface area contributed by atoms with Crippen molar-refractivity contribution in [1.29, 1.82) is 0 Å². The highest BCUT2D eigenvalue weighted by atomic mass is 32.2. The summed E-state index contributed by atoms with van der Waals surface area (Å²) in [6.45, 7) is 0.925. The largest absolute Gasteiger partial charge is 0.467 e. The summed E-state index contributed by atoms with van der Waals surface area (Å²) in [5.74, 6) is 0.584. The minimum atomic E-state index is -0.483. The molecule has 5 rings (SSSR count). The number of imide groups is 1. The third kappa shape index (κ3) is 4.51. The molecule has 1 N–H and O–H groups in total. The number of amides is 4. The van der Waals surface area contributed by atoms with Gasteiger partial charge < -0.3 is 24.1 Å². The molecule has 2 aromatic rings. The van der Waals surface area contributed by atoms with Crippen molar-refractivity contribution < 1.29 is 33.1 Å². The van der Waals surface area contributed by atoms with Crippen LogP contribution < -0.4 is 14.8 Å². The molecule has 0 radical (unpaired) electrons. The summed E-state index contributed by atoms with van der Waals surface area (Å²) in [6, 6.07) is 8.79. The Labute approximate surface area is 198 Å². The number of ether oxygens (including phenoxy) is 2. The molecule has 1 atom stereocenters. The molecular weight excluding hydrogens is 462 g/mol. The second kappa shape index (κ2) is 9.26. The summed E-state index contributed by atoms with van der Waals surface area (Å²) in [4.78, 5) is 52.8. The van der Waals surface area contributed by atoms with Gasteiger partial charge in [-0.15, -0.1) is 0 Å². The third-order valence-corrected chi connectivity index (χ3v) is 6.62. The van der Waals surface area contributed by atoms with Crippen molar-refractivity contribution >= 4 is 40.8 Å². The molecule has 176 valence electrons. The van der Waals surface area contributed by atoms with Crippen LogP contribution in [-0.2, 0) is 20.9 Å². The Hall–Kier alpha value is -3.73. The number of carbonyl (C=O) groups excluding carboxylic acids is 4. The van der Waals surface area contributed by atoms with Crippen molar-refractivity contribution in [1.82, 2.24) is 15.1 Å². The van der Waals surface area contributed by atoms with Gasteiger partial charge in [0.1, 0.15) is 5.76 Å². The molecular formula is C23H21N3O7S. The van der Waals surface area contributed by atoms with Crippen LogP contribution in [0.5, 0.6) is 11.5 Å². The van der Waals surface area contributed by atoms with Crippen molar-refractivity contribution in [3.05, 3.63) is 52.8 Å². The number of nitrogens with zero attached hydrogens (tertiary/aromatic N) is 2. The Balaban J connectivity index is 1.13. The Morgan fingerprint density at radius 1 is 1.18 bits per heavy atom. The van der Waals surface area contributed by atoms with Crippen LogP contribution in [0.4, 0.5) is 4.79 Å². The molecule has 3 aliphatic heterocycles. The summed E-state index contributed by atoms with van der Waals surface area (Å²) in [7, 11) is 0. The molecule has 4 amide bonds. The Kier molecular flexibility index (Phi) is 6.01. The number of nitrogens with one attached hydrogen (secondary N) is 1. The number of fused-ring (bicyclic) bond motifs is 1. The molecule has 0 aliphatic carbocycles. The number of hydrogen-bond donors (Lipinski definition) is 1. The first-order chi connectivity index (χ1) is 16.5. The Morgan fingerprint density at radius 3 is 2.85 bits per heavy atom. The van der Waals surface area contributed by atoms with Gasteiger partial charge in [0.15, 0.2) is 11.5 Å². The standard InChI is InChI=1S/C23H21N3O7S/c27-20-10-15(11-25(20)12-16-2-1-7-31-16)21(28)24-5-6-26-22(29)19(34-23(26)30)9-14-3-4-17-18(8-14)33-13-32-17/h1-4,7-9,15H,5-6,10-13H2,(H,24,28). The average Bonchev–Trinajstić information content (AvgIpc) is 3.60. The third-order valence-electron chi connectivity index (χ3n) is 5.71. The zero-order valence-corrected chi connectivity index (χ0v) is 18.8. The number of carbonyl (C=O) groups is 4. The SMILES string of the molecule is O=C(NCCN1C(=O)SC(=Cc2ccc3c(c2)OCO3)C1=O)C1CC(=O)N(Cc2ccco2)C1. The maximum atomic E-state index is 12.7. The van der Waals surface area contributed by atoms with Crippen LogP contribution in [0.2, 0.25) is 0 Å². The molecule has 1 unspecified atom stereocenters. The topological polar surface area (TPSA) is 118 Å². The molecule has 4 heterocycles. The second-order valence-corrected chi connectivity index (χ2v) is 8.98. The van der Waals surface area contributed by atoms with Crippen LogP contribution in [0.1, 0.15) is 17.7 Å². The lowest BCUT2D eigenvalue weighted by Crippen LogP contribution is -2.40. The smallest absolute Gasteiger partial charge is 0.293 e. The quantitative estimate of drug-likeness (QED) is 0.596.